The molecule has 20 heavy (non-hydrogen) atoms. The van der Waals surface area contributed by atoms with Crippen LogP contribution >= 0.6 is 0 Å². The first-order chi connectivity index (χ1) is 9.32. The number of nitrogens with zero attached hydrogens (tertiary/aromatic N) is 2. The van der Waals surface area contributed by atoms with Crippen LogP contribution in [0.25, 0.3) is 0 Å². The van der Waals surface area contributed by atoms with Gasteiger partial charge in [-0.25, -0.2) is 8.42 Å². The van der Waals surface area contributed by atoms with Crippen molar-refractivity contribution in [2.45, 2.75) is 25.2 Å². The quantitative estimate of drug-likeness (QED) is 0.854. The maximum Gasteiger partial charge on any atom is 0.304 e. The standard InChI is InChI=1S/C13H16N2O4S/c1-3-15(7-6-13(16)17)20(18,19)12-8-11(9-14)5-4-10(12)2/h4-5,8H,3,6-7H2,1-2H3,(H,16,17). The second-order valence-electron chi connectivity index (χ2n) is 4.23. The Kier molecular flexibility index (Phi) is 5.25. The average molecular weight is 296 g/mol. The summed E-state index contributed by atoms with van der Waals surface area (Å²) in [6.45, 7) is 3.36. The second kappa shape index (κ2) is 6.50. The number of benzene rings is 1. The van der Waals surface area contributed by atoms with Crippen LogP contribution in [0, 0.1) is 18.3 Å². The molecule has 108 valence electrons. The van der Waals surface area contributed by atoms with Crippen LogP contribution in [0.5, 0.6) is 0 Å². The van der Waals surface area contributed by atoms with Crippen LogP contribution in [-0.2, 0) is 14.8 Å². The topological polar surface area (TPSA) is 98.5 Å². The monoisotopic (exact) mass is 296 g/mol. The van der Waals surface area contributed by atoms with Crippen LogP contribution in [0.2, 0.25) is 0 Å². The minimum Gasteiger partial charge on any atom is -0.481 e. The molecule has 0 aliphatic rings. The van der Waals surface area contributed by atoms with Crippen molar-refractivity contribution in [3.63, 3.8) is 0 Å². The van der Waals surface area contributed by atoms with Crippen molar-refractivity contribution < 1.29 is 18.3 Å². The van der Waals surface area contributed by atoms with E-state index in [1.54, 1.807) is 26.0 Å². The van der Waals surface area contributed by atoms with E-state index in [0.29, 0.717) is 5.56 Å². The lowest BCUT2D eigenvalue weighted by atomic mass is 10.2. The summed E-state index contributed by atoms with van der Waals surface area (Å²) in [5.74, 6) is -1.05. The van der Waals surface area contributed by atoms with E-state index in [-0.39, 0.29) is 30.0 Å². The number of aliphatic carboxylic acids is 1. The van der Waals surface area contributed by atoms with Crippen molar-refractivity contribution in [2.75, 3.05) is 13.1 Å². The average Bonchev–Trinajstić information content (AvgIpc) is 2.39. The van der Waals surface area contributed by atoms with Gasteiger partial charge >= 0.3 is 5.97 Å². The summed E-state index contributed by atoms with van der Waals surface area (Å²) in [6, 6.07) is 6.32. The summed E-state index contributed by atoms with van der Waals surface area (Å²) in [5.41, 5.74) is 0.779. The Morgan fingerprint density at radius 3 is 2.60 bits per heavy atom. The zero-order valence-corrected chi connectivity index (χ0v) is 12.1. The van der Waals surface area contributed by atoms with Gasteiger partial charge in [0.25, 0.3) is 0 Å². The summed E-state index contributed by atoms with van der Waals surface area (Å²) >= 11 is 0. The molecule has 0 saturated heterocycles. The highest BCUT2D eigenvalue weighted by Gasteiger charge is 2.25. The zero-order chi connectivity index (χ0) is 15.3. The van der Waals surface area contributed by atoms with Crippen molar-refractivity contribution in [2.24, 2.45) is 0 Å². The fourth-order valence-corrected chi connectivity index (χ4v) is 3.46. The van der Waals surface area contributed by atoms with Crippen molar-refractivity contribution in [3.05, 3.63) is 29.3 Å². The van der Waals surface area contributed by atoms with Gasteiger partial charge in [0.2, 0.25) is 10.0 Å². The van der Waals surface area contributed by atoms with E-state index in [9.17, 15) is 13.2 Å². The Morgan fingerprint density at radius 1 is 1.45 bits per heavy atom. The number of hydrogen-bond acceptors (Lipinski definition) is 4. The molecule has 0 bridgehead atoms. The predicted octanol–water partition coefficient (Wildman–Crippen LogP) is 1.35. The molecule has 0 atom stereocenters. The molecular formula is C13H16N2O4S. The smallest absolute Gasteiger partial charge is 0.304 e. The van der Waals surface area contributed by atoms with Crippen LogP contribution in [0.4, 0.5) is 0 Å². The number of hydrogen-bond donors (Lipinski definition) is 1. The van der Waals surface area contributed by atoms with Gasteiger partial charge in [-0.2, -0.15) is 9.57 Å². The first-order valence-electron chi connectivity index (χ1n) is 6.05. The molecule has 0 aliphatic carbocycles. The molecular weight excluding hydrogens is 280 g/mol. The number of rotatable bonds is 6. The summed E-state index contributed by atoms with van der Waals surface area (Å²) in [5, 5.41) is 17.5. The third kappa shape index (κ3) is 3.56. The van der Waals surface area contributed by atoms with Gasteiger partial charge in [-0.1, -0.05) is 13.0 Å². The summed E-state index contributed by atoms with van der Waals surface area (Å²) in [4.78, 5) is 10.6. The number of aryl methyl sites for hydroxylation is 1. The lowest BCUT2D eigenvalue weighted by molar-refractivity contribution is -0.137. The van der Waals surface area contributed by atoms with E-state index >= 15 is 0 Å². The minimum absolute atomic E-state index is 0.0452. The molecule has 0 spiro atoms. The van der Waals surface area contributed by atoms with Crippen LogP contribution in [0.15, 0.2) is 23.1 Å². The lowest BCUT2D eigenvalue weighted by Crippen LogP contribution is -2.33. The van der Waals surface area contributed by atoms with Gasteiger partial charge in [0.1, 0.15) is 0 Å². The highest BCUT2D eigenvalue weighted by molar-refractivity contribution is 7.89. The Hall–Kier alpha value is -1.91. The van der Waals surface area contributed by atoms with Gasteiger partial charge in [-0.3, -0.25) is 4.79 Å². The van der Waals surface area contributed by atoms with Crippen molar-refractivity contribution >= 4 is 16.0 Å². The Bertz CT molecular complexity index is 647. The highest BCUT2D eigenvalue weighted by Crippen LogP contribution is 2.21. The molecule has 0 fully saturated rings. The van der Waals surface area contributed by atoms with Crippen LogP contribution in [0.1, 0.15) is 24.5 Å². The maximum atomic E-state index is 12.5. The summed E-state index contributed by atoms with van der Waals surface area (Å²) in [6.07, 6.45) is -0.260. The fraction of sp³-hybridized carbons (Fsp3) is 0.385. The van der Waals surface area contributed by atoms with E-state index in [1.165, 1.54) is 6.07 Å². The molecule has 0 amide bonds. The van der Waals surface area contributed by atoms with E-state index < -0.39 is 16.0 Å². The normalized spacial score (nSPS) is 11.3. The van der Waals surface area contributed by atoms with Gasteiger partial charge in [0.15, 0.2) is 0 Å². The minimum atomic E-state index is -3.79. The van der Waals surface area contributed by atoms with Gasteiger partial charge in [0.05, 0.1) is 22.9 Å². The summed E-state index contributed by atoms with van der Waals surface area (Å²) < 4.78 is 26.1. The molecule has 0 aromatic heterocycles. The molecule has 1 N–H and O–H groups in total. The molecule has 6 nitrogen and oxygen atoms in total. The first-order valence-corrected chi connectivity index (χ1v) is 7.49. The van der Waals surface area contributed by atoms with E-state index in [1.807, 2.05) is 6.07 Å². The number of carboxylic acid groups (broad SMARTS) is 1. The number of carboxylic acids is 1. The van der Waals surface area contributed by atoms with Gasteiger partial charge in [0, 0.05) is 13.1 Å². The van der Waals surface area contributed by atoms with Crippen LogP contribution in [-0.4, -0.2) is 36.9 Å². The Labute approximate surface area is 118 Å². The number of nitriles is 1. The molecule has 1 aromatic rings. The van der Waals surface area contributed by atoms with Crippen molar-refractivity contribution in [1.29, 1.82) is 5.26 Å². The van der Waals surface area contributed by atoms with Gasteiger partial charge < -0.3 is 5.11 Å². The molecule has 1 rings (SSSR count). The van der Waals surface area contributed by atoms with Gasteiger partial charge in [-0.15, -0.1) is 0 Å². The predicted molar refractivity (Wildman–Crippen MR) is 72.6 cm³/mol. The number of sulfonamides is 1. The first kappa shape index (κ1) is 16.1. The largest absolute Gasteiger partial charge is 0.481 e. The van der Waals surface area contributed by atoms with E-state index in [2.05, 4.69) is 0 Å². The third-order valence-corrected chi connectivity index (χ3v) is 4.98. The second-order valence-corrected chi connectivity index (χ2v) is 6.14. The van der Waals surface area contributed by atoms with E-state index in [0.717, 1.165) is 4.31 Å². The highest BCUT2D eigenvalue weighted by atomic mass is 32.2. The SMILES string of the molecule is CCN(CCC(=O)O)S(=O)(=O)c1cc(C#N)ccc1C. The molecule has 0 unspecified atom stereocenters. The lowest BCUT2D eigenvalue weighted by Gasteiger charge is -2.20. The van der Waals surface area contributed by atoms with Crippen LogP contribution in [0.3, 0.4) is 0 Å². The maximum absolute atomic E-state index is 12.5. The van der Waals surface area contributed by atoms with Gasteiger partial charge in [-0.05, 0) is 24.6 Å². The molecule has 0 radical (unpaired) electrons. The summed E-state index contributed by atoms with van der Waals surface area (Å²) in [7, 11) is -3.79. The van der Waals surface area contributed by atoms with Crippen LogP contribution < -0.4 is 0 Å². The van der Waals surface area contributed by atoms with E-state index in [4.69, 9.17) is 10.4 Å². The van der Waals surface area contributed by atoms with Crippen molar-refractivity contribution in [3.8, 4) is 6.07 Å². The fourth-order valence-electron chi connectivity index (χ4n) is 1.76. The van der Waals surface area contributed by atoms with Crippen molar-refractivity contribution in [1.82, 2.24) is 4.31 Å². The zero-order valence-electron chi connectivity index (χ0n) is 11.3. The molecule has 1 aromatic carbocycles. The molecule has 0 heterocycles. The Morgan fingerprint density at radius 2 is 2.10 bits per heavy atom. The molecule has 0 saturated carbocycles. The number of carbonyl (C=O) groups is 1. The third-order valence-electron chi connectivity index (χ3n) is 2.86. The molecule has 0 aliphatic heterocycles. The molecule has 7 heteroatoms. The Balaban J connectivity index is 3.20.